The topological polar surface area (TPSA) is 112 Å². The Bertz CT molecular complexity index is 632. The second-order valence-corrected chi connectivity index (χ2v) is 9.37. The van der Waals surface area contributed by atoms with Gasteiger partial charge >= 0.3 is 0 Å². The van der Waals surface area contributed by atoms with Crippen molar-refractivity contribution in [3.63, 3.8) is 0 Å². The standard InChI is InChI=1S/C10H22.C8H15NO.C7H8N2O2/c1-4-6-7-9-10(3)8-5-2;1-6(10)7-2-4-8(9)5-3-7;8-7(10)5-3-6(11-9-5)4-1-2-4/h10H,4-9H2,1-3H3;7-8H,2-5,9H2,1H3;3-4H,1-2H2,(H2,8,10). The molecule has 1 unspecified atom stereocenters. The number of hydrogen-bond donors (Lipinski definition) is 2. The Morgan fingerprint density at radius 1 is 1.06 bits per heavy atom. The molecule has 0 aliphatic heterocycles. The number of primary amides is 1. The average molecular weight is 436 g/mol. The molecule has 4 N–H and O–H groups in total. The van der Waals surface area contributed by atoms with E-state index in [-0.39, 0.29) is 5.69 Å². The van der Waals surface area contributed by atoms with Crippen LogP contribution in [0.25, 0.3) is 0 Å². The molecule has 0 spiro atoms. The Morgan fingerprint density at radius 3 is 2.16 bits per heavy atom. The summed E-state index contributed by atoms with van der Waals surface area (Å²) in [6.07, 6.45) is 14.8. The van der Waals surface area contributed by atoms with Crippen molar-refractivity contribution in [2.45, 2.75) is 117 Å². The van der Waals surface area contributed by atoms with Gasteiger partial charge in [0.05, 0.1) is 0 Å². The minimum atomic E-state index is -0.527. The van der Waals surface area contributed by atoms with Gasteiger partial charge in [-0.2, -0.15) is 0 Å². The summed E-state index contributed by atoms with van der Waals surface area (Å²) in [4.78, 5) is 21.4. The molecule has 6 heteroatoms. The fourth-order valence-corrected chi connectivity index (χ4v) is 3.87. The monoisotopic (exact) mass is 435 g/mol. The van der Waals surface area contributed by atoms with Gasteiger partial charge in [-0.1, -0.05) is 64.5 Å². The highest BCUT2D eigenvalue weighted by Gasteiger charge is 2.28. The van der Waals surface area contributed by atoms with E-state index >= 15 is 0 Å². The van der Waals surface area contributed by atoms with Crippen LogP contribution in [0.15, 0.2) is 10.6 Å². The van der Waals surface area contributed by atoms with Crippen molar-refractivity contribution in [2.75, 3.05) is 0 Å². The first-order chi connectivity index (χ1) is 14.8. The first-order valence-electron chi connectivity index (χ1n) is 12.3. The fourth-order valence-electron chi connectivity index (χ4n) is 3.87. The second-order valence-electron chi connectivity index (χ2n) is 9.37. The maximum atomic E-state index is 10.9. The number of ketones is 1. The summed E-state index contributed by atoms with van der Waals surface area (Å²) in [7, 11) is 0. The fraction of sp³-hybridized carbons (Fsp3) is 0.800. The number of amides is 1. The van der Waals surface area contributed by atoms with Crippen molar-refractivity contribution < 1.29 is 14.1 Å². The van der Waals surface area contributed by atoms with Gasteiger partial charge in [-0.15, -0.1) is 0 Å². The third kappa shape index (κ3) is 12.1. The number of carbonyl (C=O) groups is 2. The molecule has 1 aromatic heterocycles. The van der Waals surface area contributed by atoms with Crippen LogP contribution in [0.4, 0.5) is 0 Å². The summed E-state index contributed by atoms with van der Waals surface area (Å²) in [5.74, 6) is 2.37. The lowest BCUT2D eigenvalue weighted by molar-refractivity contribution is -0.121. The molecule has 3 rings (SSSR count). The smallest absolute Gasteiger partial charge is 0.270 e. The van der Waals surface area contributed by atoms with Gasteiger partial charge in [-0.25, -0.2) is 0 Å². The molecule has 0 radical (unpaired) electrons. The van der Waals surface area contributed by atoms with E-state index in [1.165, 1.54) is 38.5 Å². The highest BCUT2D eigenvalue weighted by atomic mass is 16.5. The quantitative estimate of drug-likeness (QED) is 0.480. The Hall–Kier alpha value is -1.69. The van der Waals surface area contributed by atoms with E-state index in [1.807, 2.05) is 0 Å². The van der Waals surface area contributed by atoms with Crippen LogP contribution in [-0.4, -0.2) is 22.9 Å². The predicted octanol–water partition coefficient (Wildman–Crippen LogP) is 5.75. The maximum Gasteiger partial charge on any atom is 0.270 e. The van der Waals surface area contributed by atoms with E-state index in [1.54, 1.807) is 13.0 Å². The van der Waals surface area contributed by atoms with Crippen LogP contribution in [0, 0.1) is 11.8 Å². The molecule has 1 amide bonds. The molecular formula is C25H45N3O3. The second kappa shape index (κ2) is 15.2. The lowest BCUT2D eigenvalue weighted by Crippen LogP contribution is -2.28. The van der Waals surface area contributed by atoms with Crippen molar-refractivity contribution in [3.05, 3.63) is 17.5 Å². The Balaban J connectivity index is 0.000000233. The van der Waals surface area contributed by atoms with E-state index in [9.17, 15) is 9.59 Å². The summed E-state index contributed by atoms with van der Waals surface area (Å²) in [5, 5.41) is 3.53. The number of Topliss-reactive ketones (excluding diaryl/α,β-unsaturated/α-hetero) is 1. The number of unbranched alkanes of at least 4 members (excludes halogenated alkanes) is 2. The molecule has 6 nitrogen and oxygen atoms in total. The number of hydrogen-bond acceptors (Lipinski definition) is 5. The molecule has 1 heterocycles. The molecule has 2 fully saturated rings. The Labute approximate surface area is 188 Å². The van der Waals surface area contributed by atoms with Crippen LogP contribution < -0.4 is 11.5 Å². The third-order valence-electron chi connectivity index (χ3n) is 6.19. The average Bonchev–Trinajstić information content (AvgIpc) is 3.46. The van der Waals surface area contributed by atoms with Crippen molar-refractivity contribution in [2.24, 2.45) is 23.3 Å². The molecule has 178 valence electrons. The lowest BCUT2D eigenvalue weighted by atomic mass is 9.84. The minimum absolute atomic E-state index is 0.229. The molecule has 2 saturated carbocycles. The molecule has 2 aliphatic rings. The third-order valence-corrected chi connectivity index (χ3v) is 6.19. The molecule has 0 aromatic carbocycles. The summed E-state index contributed by atoms with van der Waals surface area (Å²) in [6.45, 7) is 8.60. The van der Waals surface area contributed by atoms with Crippen LogP contribution in [0.2, 0.25) is 0 Å². The number of nitrogens with two attached hydrogens (primary N) is 2. The molecule has 0 bridgehead atoms. The number of carbonyl (C=O) groups excluding carboxylic acids is 2. The Kier molecular flexibility index (Phi) is 13.4. The van der Waals surface area contributed by atoms with Gasteiger partial charge in [0.1, 0.15) is 11.5 Å². The van der Waals surface area contributed by atoms with Crippen molar-refractivity contribution >= 4 is 11.7 Å². The van der Waals surface area contributed by atoms with E-state index in [4.69, 9.17) is 16.0 Å². The normalized spacial score (nSPS) is 21.2. The van der Waals surface area contributed by atoms with Gasteiger partial charge in [0.25, 0.3) is 5.91 Å². The largest absolute Gasteiger partial charge is 0.364 e. The summed E-state index contributed by atoms with van der Waals surface area (Å²) >= 11 is 0. The van der Waals surface area contributed by atoms with Gasteiger partial charge in [0.2, 0.25) is 0 Å². The van der Waals surface area contributed by atoms with Crippen LogP contribution in [0.1, 0.15) is 127 Å². The highest BCUT2D eigenvalue weighted by Crippen LogP contribution is 2.40. The van der Waals surface area contributed by atoms with Crippen molar-refractivity contribution in [3.8, 4) is 0 Å². The van der Waals surface area contributed by atoms with Gasteiger partial charge in [0.15, 0.2) is 5.69 Å². The zero-order valence-electron chi connectivity index (χ0n) is 20.2. The van der Waals surface area contributed by atoms with Crippen molar-refractivity contribution in [1.82, 2.24) is 5.16 Å². The van der Waals surface area contributed by atoms with Crippen molar-refractivity contribution in [1.29, 1.82) is 0 Å². The minimum Gasteiger partial charge on any atom is -0.364 e. The van der Waals surface area contributed by atoms with Gasteiger partial charge < -0.3 is 16.0 Å². The van der Waals surface area contributed by atoms with E-state index in [0.29, 0.717) is 23.7 Å². The summed E-state index contributed by atoms with van der Waals surface area (Å²) < 4.78 is 4.90. The summed E-state index contributed by atoms with van der Waals surface area (Å²) in [6, 6.07) is 1.98. The molecule has 1 aromatic rings. The van der Waals surface area contributed by atoms with Crippen LogP contribution in [0.3, 0.4) is 0 Å². The molecular weight excluding hydrogens is 390 g/mol. The number of rotatable bonds is 9. The maximum absolute atomic E-state index is 10.9. The van der Waals surface area contributed by atoms with Crippen LogP contribution in [-0.2, 0) is 4.79 Å². The molecule has 31 heavy (non-hydrogen) atoms. The highest BCUT2D eigenvalue weighted by molar-refractivity contribution is 5.90. The predicted molar refractivity (Wildman–Crippen MR) is 126 cm³/mol. The first-order valence-corrected chi connectivity index (χ1v) is 12.3. The van der Waals surface area contributed by atoms with Crippen LogP contribution in [0.5, 0.6) is 0 Å². The summed E-state index contributed by atoms with van der Waals surface area (Å²) in [5.41, 5.74) is 10.9. The molecule has 0 saturated heterocycles. The van der Waals surface area contributed by atoms with E-state index in [0.717, 1.165) is 50.2 Å². The molecule has 1 atom stereocenters. The molecule has 2 aliphatic carbocycles. The van der Waals surface area contributed by atoms with Gasteiger partial charge in [-0.3, -0.25) is 9.59 Å². The zero-order chi connectivity index (χ0) is 23.2. The van der Waals surface area contributed by atoms with Gasteiger partial charge in [-0.05, 0) is 51.4 Å². The Morgan fingerprint density at radius 2 is 1.71 bits per heavy atom. The zero-order valence-corrected chi connectivity index (χ0v) is 20.2. The van der Waals surface area contributed by atoms with E-state index < -0.39 is 5.91 Å². The lowest BCUT2D eigenvalue weighted by Gasteiger charge is -2.23. The SMILES string of the molecule is CC(=O)C1CCC(N)CC1.CCCCCC(C)CCC.NC(=O)c1cc(C2CC2)on1. The van der Waals surface area contributed by atoms with Crippen LogP contribution >= 0.6 is 0 Å². The number of nitrogens with zero attached hydrogens (tertiary/aromatic N) is 1. The number of aromatic nitrogens is 1. The van der Waals surface area contributed by atoms with Gasteiger partial charge in [0, 0.05) is 23.9 Å². The first kappa shape index (κ1) is 27.3. The van der Waals surface area contributed by atoms with E-state index in [2.05, 4.69) is 25.9 Å².